The van der Waals surface area contributed by atoms with Gasteiger partial charge in [0.25, 0.3) is 11.8 Å². The second kappa shape index (κ2) is 11.9. The van der Waals surface area contributed by atoms with Gasteiger partial charge in [0.2, 0.25) is 11.0 Å². The van der Waals surface area contributed by atoms with Crippen LogP contribution in [0.4, 0.5) is 5.13 Å². The van der Waals surface area contributed by atoms with E-state index >= 15 is 0 Å². The molecule has 1 fully saturated rings. The molecule has 19 heteroatoms. The van der Waals surface area contributed by atoms with Gasteiger partial charge < -0.3 is 36.4 Å². The van der Waals surface area contributed by atoms with E-state index in [1.54, 1.807) is 11.9 Å². The Morgan fingerprint density at radius 1 is 1.28 bits per heavy atom. The van der Waals surface area contributed by atoms with E-state index in [4.69, 9.17) is 10.6 Å². The minimum atomic E-state index is -1.79. The van der Waals surface area contributed by atoms with Crippen LogP contribution in [0.5, 0.6) is 5.75 Å². The maximum absolute atomic E-state index is 13.2. The quantitative estimate of drug-likeness (QED) is 0.0770. The number of nitrogen functional groups attached to an aromatic ring is 1. The standard InChI is InChI=1S/C24H27N7O10S2/c1-24(2,22(38)39)41-28-15(12-9-43-23(25)26-12)18(34)27-16-19(35)31-17(21(36)37)10(8-42-20(16)31)5-29(3)6-11-4-13(32)14(33)7-30(11)40/h4,7,9,16,20,33,40H,5-6,8H2,1-3H3,(H2,25,26)(H,27,34)(H,36,37)(H,38,39)/b28-15-/t16-,20-/m1/s1. The first-order valence-corrected chi connectivity index (χ1v) is 14.3. The zero-order valence-electron chi connectivity index (χ0n) is 22.9. The SMILES string of the molecule is CN(CC1=C(C(=O)O)N2C(=O)[C@@H](NC(=O)/C(=N\OC(C)(C)C(=O)O)c3csc(N)n3)[C@H]2SC1)Cc1cc(=O)c(O)cn1O. The number of β-lactam (4-membered cyclic amide) rings is 1. The van der Waals surface area contributed by atoms with Crippen LogP contribution in [0.2, 0.25) is 0 Å². The molecule has 230 valence electrons. The smallest absolute Gasteiger partial charge is 0.352 e. The largest absolute Gasteiger partial charge is 0.503 e. The second-order valence-corrected chi connectivity index (χ2v) is 12.1. The van der Waals surface area contributed by atoms with Crippen molar-refractivity contribution < 1.29 is 44.5 Å². The number of hydrogen-bond acceptors (Lipinski definition) is 14. The van der Waals surface area contributed by atoms with Crippen molar-refractivity contribution in [1.29, 1.82) is 0 Å². The van der Waals surface area contributed by atoms with Crippen molar-refractivity contribution in [3.63, 3.8) is 0 Å². The molecule has 4 heterocycles. The van der Waals surface area contributed by atoms with Gasteiger partial charge in [0, 0.05) is 30.3 Å². The van der Waals surface area contributed by atoms with E-state index in [-0.39, 0.29) is 41.1 Å². The van der Waals surface area contributed by atoms with Crippen LogP contribution < -0.4 is 16.5 Å². The van der Waals surface area contributed by atoms with Gasteiger partial charge in [-0.2, -0.15) is 4.73 Å². The molecule has 2 aromatic rings. The topological polar surface area (TPSA) is 250 Å². The van der Waals surface area contributed by atoms with E-state index in [0.29, 0.717) is 10.3 Å². The maximum Gasteiger partial charge on any atom is 0.352 e. The number of carboxylic acids is 2. The van der Waals surface area contributed by atoms with Crippen LogP contribution in [-0.4, -0.2) is 106 Å². The molecule has 0 aromatic carbocycles. The molecule has 2 amide bonds. The predicted octanol–water partition coefficient (Wildman–Crippen LogP) is -0.716. The summed E-state index contributed by atoms with van der Waals surface area (Å²) >= 11 is 2.20. The summed E-state index contributed by atoms with van der Waals surface area (Å²) in [6, 6.07) is -0.0952. The average Bonchev–Trinajstić information content (AvgIpc) is 3.35. The third kappa shape index (κ3) is 6.42. The van der Waals surface area contributed by atoms with Crippen LogP contribution in [0.25, 0.3) is 0 Å². The number of likely N-dealkylation sites (N-methyl/N-ethyl adjacent to an activating group) is 1. The zero-order chi connectivity index (χ0) is 31.8. The van der Waals surface area contributed by atoms with Crippen molar-refractivity contribution in [2.24, 2.45) is 5.16 Å². The molecule has 2 atom stereocenters. The van der Waals surface area contributed by atoms with E-state index in [2.05, 4.69) is 15.5 Å². The Balaban J connectivity index is 1.51. The Hall–Kier alpha value is -4.62. The van der Waals surface area contributed by atoms with Crippen molar-refractivity contribution >= 4 is 57.7 Å². The number of aromatic hydroxyl groups is 1. The normalized spacial score (nSPS) is 18.7. The van der Waals surface area contributed by atoms with Gasteiger partial charge in [0.05, 0.1) is 11.9 Å². The van der Waals surface area contributed by atoms with Gasteiger partial charge in [-0.15, -0.1) is 23.1 Å². The molecule has 2 aliphatic rings. The van der Waals surface area contributed by atoms with Gasteiger partial charge >= 0.3 is 11.9 Å². The highest BCUT2D eigenvalue weighted by molar-refractivity contribution is 8.00. The number of oxime groups is 1. The van der Waals surface area contributed by atoms with Gasteiger partial charge in [-0.05, 0) is 26.5 Å². The number of amides is 2. The van der Waals surface area contributed by atoms with Gasteiger partial charge in [-0.1, -0.05) is 5.16 Å². The number of hydrogen-bond donors (Lipinski definition) is 6. The summed E-state index contributed by atoms with van der Waals surface area (Å²) in [5, 5.41) is 45.7. The molecule has 0 aliphatic carbocycles. The minimum absolute atomic E-state index is 0.00709. The molecular formula is C24H27N7O10S2. The Bertz CT molecular complexity index is 1620. The van der Waals surface area contributed by atoms with Gasteiger partial charge in [-0.25, -0.2) is 14.6 Å². The van der Waals surface area contributed by atoms with Gasteiger partial charge in [0.1, 0.15) is 22.8 Å². The molecule has 2 aliphatic heterocycles. The number of nitrogens with zero attached hydrogens (tertiary/aromatic N) is 5. The number of fused-ring (bicyclic) bond motifs is 1. The highest BCUT2D eigenvalue weighted by Gasteiger charge is 2.54. The number of thiazole rings is 1. The molecule has 7 N–H and O–H groups in total. The summed E-state index contributed by atoms with van der Waals surface area (Å²) in [5.41, 5.74) is 3.00. The summed E-state index contributed by atoms with van der Waals surface area (Å²) in [4.78, 5) is 73.6. The molecule has 43 heavy (non-hydrogen) atoms. The van der Waals surface area contributed by atoms with Crippen molar-refractivity contribution in [2.45, 2.75) is 37.4 Å². The number of carbonyl (C=O) groups excluding carboxylic acids is 2. The number of carboxylic acid groups (broad SMARTS) is 2. The van der Waals surface area contributed by atoms with E-state index in [0.717, 1.165) is 28.5 Å². The van der Waals surface area contributed by atoms with Crippen LogP contribution in [-0.2, 0) is 30.6 Å². The first-order chi connectivity index (χ1) is 20.1. The molecule has 17 nitrogen and oxygen atoms in total. The van der Waals surface area contributed by atoms with Gasteiger partial charge in [0.15, 0.2) is 16.6 Å². The number of anilines is 1. The fourth-order valence-corrected chi connectivity index (χ4v) is 6.03. The van der Waals surface area contributed by atoms with E-state index in [1.165, 1.54) is 31.0 Å². The molecule has 0 saturated carbocycles. The van der Waals surface area contributed by atoms with Crippen LogP contribution in [0.1, 0.15) is 25.2 Å². The number of pyridine rings is 1. The summed E-state index contributed by atoms with van der Waals surface area (Å²) in [5.74, 6) is -4.79. The lowest BCUT2D eigenvalue weighted by Gasteiger charge is -2.49. The Kier molecular flexibility index (Phi) is 8.69. The Morgan fingerprint density at radius 2 is 1.98 bits per heavy atom. The average molecular weight is 638 g/mol. The van der Waals surface area contributed by atoms with Crippen LogP contribution in [0.3, 0.4) is 0 Å². The number of rotatable bonds is 11. The maximum atomic E-state index is 13.2. The van der Waals surface area contributed by atoms with E-state index in [9.17, 15) is 44.5 Å². The fourth-order valence-electron chi connectivity index (χ4n) is 4.14. The van der Waals surface area contributed by atoms with Crippen molar-refractivity contribution in [3.05, 3.63) is 50.5 Å². The first kappa shape index (κ1) is 31.3. The molecule has 0 unspecified atom stereocenters. The van der Waals surface area contributed by atoms with Crippen molar-refractivity contribution in [2.75, 3.05) is 25.1 Å². The van der Waals surface area contributed by atoms with Crippen molar-refractivity contribution in [3.8, 4) is 5.75 Å². The molecule has 2 aromatic heterocycles. The van der Waals surface area contributed by atoms with Gasteiger partial charge in [-0.3, -0.25) is 24.2 Å². The third-order valence-corrected chi connectivity index (χ3v) is 8.39. The zero-order valence-corrected chi connectivity index (χ0v) is 24.5. The van der Waals surface area contributed by atoms with E-state index < -0.39 is 57.7 Å². The number of thioether (sulfide) groups is 1. The molecule has 0 bridgehead atoms. The summed E-state index contributed by atoms with van der Waals surface area (Å²) in [6.07, 6.45) is 0.848. The van der Waals surface area contributed by atoms with Crippen LogP contribution >= 0.6 is 23.1 Å². The summed E-state index contributed by atoms with van der Waals surface area (Å²) in [7, 11) is 1.61. The first-order valence-electron chi connectivity index (χ1n) is 12.3. The van der Waals surface area contributed by atoms with Crippen LogP contribution in [0, 0.1) is 0 Å². The lowest BCUT2D eigenvalue weighted by Crippen LogP contribution is -2.71. The third-order valence-electron chi connectivity index (χ3n) is 6.38. The minimum Gasteiger partial charge on any atom is -0.503 e. The molecule has 1 saturated heterocycles. The molecule has 4 rings (SSSR count). The van der Waals surface area contributed by atoms with E-state index in [1.807, 2.05) is 0 Å². The fraction of sp³-hybridized carbons (Fsp3) is 0.375. The lowest BCUT2D eigenvalue weighted by atomic mass is 10.0. The number of carbonyl (C=O) groups is 4. The second-order valence-electron chi connectivity index (χ2n) is 10.1. The van der Waals surface area contributed by atoms with Crippen molar-refractivity contribution in [1.82, 2.24) is 24.8 Å². The summed E-state index contributed by atoms with van der Waals surface area (Å²) < 4.78 is 0.586. The highest BCUT2D eigenvalue weighted by Crippen LogP contribution is 2.40. The predicted molar refractivity (Wildman–Crippen MR) is 151 cm³/mol. The Labute approximate surface area is 250 Å². The highest BCUT2D eigenvalue weighted by atomic mass is 32.2. The Morgan fingerprint density at radius 3 is 2.58 bits per heavy atom. The number of nitrogens with one attached hydrogen (secondary N) is 1. The molecule has 0 radical (unpaired) electrons. The number of aliphatic carboxylic acids is 2. The number of nitrogens with two attached hydrogens (primary N) is 1. The monoisotopic (exact) mass is 637 g/mol. The number of aromatic nitrogens is 2. The summed E-state index contributed by atoms with van der Waals surface area (Å²) in [6.45, 7) is 2.50. The molecule has 0 spiro atoms. The molecular weight excluding hydrogens is 610 g/mol. The lowest BCUT2D eigenvalue weighted by molar-refractivity contribution is -0.161. The van der Waals surface area contributed by atoms with Crippen LogP contribution in [0.15, 0.2) is 38.9 Å².